The fourth-order valence-corrected chi connectivity index (χ4v) is 1.83. The van der Waals surface area contributed by atoms with Crippen LogP contribution in [-0.4, -0.2) is 38.8 Å². The van der Waals surface area contributed by atoms with Crippen LogP contribution in [0, 0.1) is 0 Å². The molecule has 1 aromatic rings. The van der Waals surface area contributed by atoms with Gasteiger partial charge < -0.3 is 26.3 Å². The maximum absolute atomic E-state index is 10.7. The molecule has 6 nitrogen and oxygen atoms in total. The first-order valence-corrected chi connectivity index (χ1v) is 6.62. The van der Waals surface area contributed by atoms with E-state index in [2.05, 4.69) is 5.32 Å². The van der Waals surface area contributed by atoms with Crippen LogP contribution in [0.4, 0.5) is 5.69 Å². The Hall–Kier alpha value is -1.79. The fourth-order valence-electron chi connectivity index (χ4n) is 1.83. The van der Waals surface area contributed by atoms with Gasteiger partial charge in [-0.2, -0.15) is 0 Å². The van der Waals surface area contributed by atoms with Crippen molar-refractivity contribution < 1.29 is 14.3 Å². The Bertz CT molecular complexity index is 412. The molecule has 0 radical (unpaired) electrons. The first-order valence-electron chi connectivity index (χ1n) is 6.62. The van der Waals surface area contributed by atoms with Gasteiger partial charge in [0.1, 0.15) is 5.75 Å². The summed E-state index contributed by atoms with van der Waals surface area (Å²) < 4.78 is 10.5. The molecule has 1 rings (SSSR count). The lowest BCUT2D eigenvalue weighted by Crippen LogP contribution is -2.26. The Morgan fingerprint density at radius 2 is 2.25 bits per heavy atom. The third-order valence-electron chi connectivity index (χ3n) is 2.71. The highest BCUT2D eigenvalue weighted by atomic mass is 16.5. The summed E-state index contributed by atoms with van der Waals surface area (Å²) in [5.41, 5.74) is 11.5. The maximum Gasteiger partial charge on any atom is 0.255 e. The molecule has 0 saturated carbocycles. The number of hydrogen-bond donors (Lipinski definition) is 3. The first kappa shape index (κ1) is 16.3. The van der Waals surface area contributed by atoms with Crippen LogP contribution in [0.5, 0.6) is 5.75 Å². The van der Waals surface area contributed by atoms with E-state index in [1.165, 1.54) is 0 Å². The molecule has 0 aliphatic rings. The molecule has 5 N–H and O–H groups in total. The average Bonchev–Trinajstić information content (AvgIpc) is 2.43. The lowest BCUT2D eigenvalue weighted by Gasteiger charge is -2.19. The van der Waals surface area contributed by atoms with Crippen LogP contribution in [0.25, 0.3) is 0 Å². The summed E-state index contributed by atoms with van der Waals surface area (Å²) in [7, 11) is 1.67. The molecule has 20 heavy (non-hydrogen) atoms. The van der Waals surface area contributed by atoms with Crippen LogP contribution in [0.3, 0.4) is 0 Å². The molecule has 1 amide bonds. The molecule has 0 fully saturated rings. The quantitative estimate of drug-likeness (QED) is 0.586. The van der Waals surface area contributed by atoms with Crippen molar-refractivity contribution >= 4 is 11.6 Å². The molecule has 0 aliphatic carbocycles. The lowest BCUT2D eigenvalue weighted by molar-refractivity contribution is -0.119. The van der Waals surface area contributed by atoms with E-state index in [4.69, 9.17) is 20.9 Å². The number of nitrogens with one attached hydrogen (secondary N) is 1. The minimum absolute atomic E-state index is 0.127. The number of methoxy groups -OCH3 is 1. The average molecular weight is 281 g/mol. The molecule has 1 unspecified atom stereocenters. The van der Waals surface area contributed by atoms with E-state index in [9.17, 15) is 4.79 Å². The summed E-state index contributed by atoms with van der Waals surface area (Å²) in [6.45, 7) is 1.13. The van der Waals surface area contributed by atoms with E-state index in [1.807, 2.05) is 18.2 Å². The predicted molar refractivity (Wildman–Crippen MR) is 78.7 cm³/mol. The van der Waals surface area contributed by atoms with Gasteiger partial charge in [0.25, 0.3) is 5.91 Å². The Balaban J connectivity index is 2.59. The number of hydrogen-bond acceptors (Lipinski definition) is 5. The number of carbonyl (C=O) groups is 1. The van der Waals surface area contributed by atoms with Crippen molar-refractivity contribution in [3.05, 3.63) is 24.3 Å². The molecule has 0 aromatic heterocycles. The van der Waals surface area contributed by atoms with Gasteiger partial charge in [0, 0.05) is 24.9 Å². The summed E-state index contributed by atoms with van der Waals surface area (Å²) in [5, 5.41) is 3.37. The summed E-state index contributed by atoms with van der Waals surface area (Å²) in [4.78, 5) is 10.7. The monoisotopic (exact) mass is 281 g/mol. The van der Waals surface area contributed by atoms with Crippen molar-refractivity contribution in [2.45, 2.75) is 18.9 Å². The number of carbonyl (C=O) groups excluding carboxylic acids is 1. The minimum atomic E-state index is -0.497. The smallest absolute Gasteiger partial charge is 0.255 e. The molecular weight excluding hydrogens is 258 g/mol. The topological polar surface area (TPSA) is 99.6 Å². The second-order valence-electron chi connectivity index (χ2n) is 4.51. The number of ether oxygens (including phenoxy) is 2. The van der Waals surface area contributed by atoms with E-state index in [0.717, 1.165) is 18.5 Å². The van der Waals surface area contributed by atoms with E-state index in [1.54, 1.807) is 13.2 Å². The van der Waals surface area contributed by atoms with Gasteiger partial charge in [-0.1, -0.05) is 6.07 Å². The standard InChI is InChI=1S/C14H23N3O3/c1-19-9-12(5-3-7-15)17-11-4-2-6-13(8-11)20-10-14(16)18/h2,4,6,8,12,17H,3,5,7,9-10,15H2,1H3,(H2,16,18). The van der Waals surface area contributed by atoms with Crippen LogP contribution < -0.4 is 21.5 Å². The number of benzene rings is 1. The Morgan fingerprint density at radius 1 is 1.45 bits per heavy atom. The predicted octanol–water partition coefficient (Wildman–Crippen LogP) is 0.717. The van der Waals surface area contributed by atoms with Gasteiger partial charge in [-0.25, -0.2) is 0 Å². The van der Waals surface area contributed by atoms with E-state index >= 15 is 0 Å². The Kier molecular flexibility index (Phi) is 7.46. The Morgan fingerprint density at radius 3 is 2.90 bits per heavy atom. The van der Waals surface area contributed by atoms with Crippen LogP contribution >= 0.6 is 0 Å². The van der Waals surface area contributed by atoms with Gasteiger partial charge in [-0.15, -0.1) is 0 Å². The van der Waals surface area contributed by atoms with Crippen molar-refractivity contribution in [2.24, 2.45) is 11.5 Å². The second-order valence-corrected chi connectivity index (χ2v) is 4.51. The summed E-state index contributed by atoms with van der Waals surface area (Å²) in [5.74, 6) is 0.104. The fraction of sp³-hybridized carbons (Fsp3) is 0.500. The molecule has 6 heteroatoms. The largest absolute Gasteiger partial charge is 0.484 e. The number of anilines is 1. The van der Waals surface area contributed by atoms with Crippen molar-refractivity contribution in [3.63, 3.8) is 0 Å². The third-order valence-corrected chi connectivity index (χ3v) is 2.71. The molecule has 1 atom stereocenters. The van der Waals surface area contributed by atoms with Crippen LogP contribution in [0.15, 0.2) is 24.3 Å². The number of primary amides is 1. The van der Waals surface area contributed by atoms with Crippen molar-refractivity contribution in [2.75, 3.05) is 32.2 Å². The van der Waals surface area contributed by atoms with Gasteiger partial charge >= 0.3 is 0 Å². The number of nitrogens with two attached hydrogens (primary N) is 2. The van der Waals surface area contributed by atoms with Crippen molar-refractivity contribution in [3.8, 4) is 5.75 Å². The highest BCUT2D eigenvalue weighted by molar-refractivity contribution is 5.75. The van der Waals surface area contributed by atoms with Gasteiger partial charge in [0.15, 0.2) is 6.61 Å². The highest BCUT2D eigenvalue weighted by Gasteiger charge is 2.08. The summed E-state index contributed by atoms with van der Waals surface area (Å²) >= 11 is 0. The first-order chi connectivity index (χ1) is 9.65. The van der Waals surface area contributed by atoms with Crippen molar-refractivity contribution in [1.29, 1.82) is 0 Å². The van der Waals surface area contributed by atoms with Gasteiger partial charge in [0.05, 0.1) is 6.61 Å². The maximum atomic E-state index is 10.7. The SMILES string of the molecule is COCC(CCCN)Nc1cccc(OCC(N)=O)c1. The molecule has 0 heterocycles. The van der Waals surface area contributed by atoms with E-state index in [-0.39, 0.29) is 12.6 Å². The molecule has 0 aliphatic heterocycles. The van der Waals surface area contributed by atoms with E-state index < -0.39 is 5.91 Å². The van der Waals surface area contributed by atoms with Crippen LogP contribution in [0.1, 0.15) is 12.8 Å². The Labute approximate surface area is 119 Å². The summed E-state index contributed by atoms with van der Waals surface area (Å²) in [6.07, 6.45) is 1.86. The summed E-state index contributed by atoms with van der Waals surface area (Å²) in [6, 6.07) is 7.58. The van der Waals surface area contributed by atoms with Gasteiger partial charge in [-0.3, -0.25) is 4.79 Å². The molecule has 1 aromatic carbocycles. The third kappa shape index (κ3) is 6.40. The zero-order valence-corrected chi connectivity index (χ0v) is 11.8. The van der Waals surface area contributed by atoms with E-state index in [0.29, 0.717) is 18.9 Å². The van der Waals surface area contributed by atoms with Gasteiger partial charge in [0.2, 0.25) is 0 Å². The highest BCUT2D eigenvalue weighted by Crippen LogP contribution is 2.19. The minimum Gasteiger partial charge on any atom is -0.484 e. The molecule has 0 bridgehead atoms. The number of amides is 1. The second kappa shape index (κ2) is 9.17. The van der Waals surface area contributed by atoms with Crippen LogP contribution in [0.2, 0.25) is 0 Å². The zero-order valence-electron chi connectivity index (χ0n) is 11.8. The van der Waals surface area contributed by atoms with Gasteiger partial charge in [-0.05, 0) is 31.5 Å². The number of rotatable bonds is 10. The van der Waals surface area contributed by atoms with Crippen molar-refractivity contribution in [1.82, 2.24) is 0 Å². The molecule has 112 valence electrons. The molecule has 0 spiro atoms. The van der Waals surface area contributed by atoms with Crippen LogP contribution in [-0.2, 0) is 9.53 Å². The molecular formula is C14H23N3O3. The normalized spacial score (nSPS) is 11.9. The molecule has 0 saturated heterocycles. The lowest BCUT2D eigenvalue weighted by atomic mass is 10.1. The zero-order chi connectivity index (χ0) is 14.8.